The van der Waals surface area contributed by atoms with Gasteiger partial charge in [-0.2, -0.15) is 0 Å². The number of guanidine groups is 1. The van der Waals surface area contributed by atoms with Gasteiger partial charge in [-0.3, -0.25) is 9.89 Å². The number of hydrogen-bond acceptors (Lipinski definition) is 3. The Balaban J connectivity index is 0.00000300. The van der Waals surface area contributed by atoms with E-state index in [0.717, 1.165) is 57.6 Å². The Morgan fingerprint density at radius 1 is 1.17 bits per heavy atom. The summed E-state index contributed by atoms with van der Waals surface area (Å²) < 4.78 is 6.18. The number of aliphatic imine (C=N–C) groups is 1. The van der Waals surface area contributed by atoms with Gasteiger partial charge in [-0.05, 0) is 31.2 Å². The molecule has 0 radical (unpaired) electrons. The monoisotopic (exact) mass is 514 g/mol. The number of piperazine rings is 1. The molecule has 0 aliphatic carbocycles. The molecule has 0 amide bonds. The number of benzene rings is 1. The zero-order valence-corrected chi connectivity index (χ0v) is 20.9. The molecule has 6 heteroatoms. The molecule has 1 N–H and O–H groups in total. The van der Waals surface area contributed by atoms with Gasteiger partial charge >= 0.3 is 0 Å². The van der Waals surface area contributed by atoms with Crippen LogP contribution in [-0.4, -0.2) is 68.7 Å². The second-order valence-corrected chi connectivity index (χ2v) is 8.71. The molecule has 3 rings (SSSR count). The number of aryl methyl sites for hydroxylation is 1. The Morgan fingerprint density at radius 3 is 2.48 bits per heavy atom. The van der Waals surface area contributed by atoms with Gasteiger partial charge in [0.05, 0.1) is 6.10 Å². The van der Waals surface area contributed by atoms with E-state index < -0.39 is 0 Å². The first-order chi connectivity index (χ1) is 13.6. The molecule has 2 saturated heterocycles. The molecule has 164 valence electrons. The molecule has 2 fully saturated rings. The highest BCUT2D eigenvalue weighted by molar-refractivity contribution is 14.0. The van der Waals surface area contributed by atoms with Crippen molar-refractivity contribution in [3.8, 4) is 0 Å². The lowest BCUT2D eigenvalue weighted by Crippen LogP contribution is -2.53. The summed E-state index contributed by atoms with van der Waals surface area (Å²) in [5.41, 5.74) is 2.60. The molecular formula is C23H39IN4O. The second-order valence-electron chi connectivity index (χ2n) is 8.71. The van der Waals surface area contributed by atoms with Gasteiger partial charge in [0, 0.05) is 58.8 Å². The molecule has 2 aliphatic heterocycles. The molecular weight excluding hydrogens is 475 g/mol. The lowest BCUT2D eigenvalue weighted by Gasteiger charge is -2.38. The molecule has 2 atom stereocenters. The van der Waals surface area contributed by atoms with Crippen LogP contribution in [0.2, 0.25) is 0 Å². The molecule has 2 unspecified atom stereocenters. The summed E-state index contributed by atoms with van der Waals surface area (Å²) >= 11 is 0. The molecule has 1 aromatic rings. The Labute approximate surface area is 194 Å². The van der Waals surface area contributed by atoms with E-state index in [2.05, 4.69) is 65.1 Å². The zero-order valence-electron chi connectivity index (χ0n) is 18.6. The minimum Gasteiger partial charge on any atom is -0.373 e. The van der Waals surface area contributed by atoms with Crippen LogP contribution >= 0.6 is 24.0 Å². The second kappa shape index (κ2) is 12.1. The topological polar surface area (TPSA) is 40.1 Å². The maximum absolute atomic E-state index is 6.18. The van der Waals surface area contributed by atoms with Gasteiger partial charge in [-0.1, -0.05) is 43.7 Å². The van der Waals surface area contributed by atoms with Crippen LogP contribution < -0.4 is 5.32 Å². The molecule has 0 bridgehead atoms. The van der Waals surface area contributed by atoms with Crippen LogP contribution in [0.4, 0.5) is 0 Å². The molecule has 0 aromatic heterocycles. The third kappa shape index (κ3) is 7.10. The number of nitrogens with one attached hydrogen (secondary N) is 1. The summed E-state index contributed by atoms with van der Waals surface area (Å²) in [5, 5.41) is 3.65. The van der Waals surface area contributed by atoms with Gasteiger partial charge in [0.1, 0.15) is 0 Å². The van der Waals surface area contributed by atoms with Gasteiger partial charge in [0.25, 0.3) is 0 Å². The average molecular weight is 514 g/mol. The van der Waals surface area contributed by atoms with Crippen molar-refractivity contribution in [2.45, 2.75) is 39.7 Å². The largest absolute Gasteiger partial charge is 0.373 e. The van der Waals surface area contributed by atoms with Crippen molar-refractivity contribution in [2.24, 2.45) is 16.8 Å². The van der Waals surface area contributed by atoms with Gasteiger partial charge in [-0.15, -0.1) is 24.0 Å². The van der Waals surface area contributed by atoms with Crippen molar-refractivity contribution in [2.75, 3.05) is 52.9 Å². The maximum atomic E-state index is 6.18. The van der Waals surface area contributed by atoms with E-state index in [1.807, 2.05) is 7.05 Å². The highest BCUT2D eigenvalue weighted by atomic mass is 127. The van der Waals surface area contributed by atoms with Crippen molar-refractivity contribution in [1.82, 2.24) is 15.1 Å². The van der Waals surface area contributed by atoms with Crippen LogP contribution in [0.3, 0.4) is 0 Å². The molecule has 0 spiro atoms. The summed E-state index contributed by atoms with van der Waals surface area (Å²) in [6, 6.07) is 8.82. The number of hydrogen-bond donors (Lipinski definition) is 1. The highest BCUT2D eigenvalue weighted by Gasteiger charge is 2.28. The Morgan fingerprint density at radius 2 is 1.86 bits per heavy atom. The van der Waals surface area contributed by atoms with E-state index in [-0.39, 0.29) is 30.1 Å². The van der Waals surface area contributed by atoms with Gasteiger partial charge in [0.2, 0.25) is 0 Å². The molecule has 2 aliphatic rings. The predicted molar refractivity (Wildman–Crippen MR) is 132 cm³/mol. The van der Waals surface area contributed by atoms with Crippen LogP contribution in [0.25, 0.3) is 0 Å². The molecule has 5 nitrogen and oxygen atoms in total. The number of halogens is 1. The van der Waals surface area contributed by atoms with E-state index in [1.54, 1.807) is 0 Å². The fraction of sp³-hybridized carbons (Fsp3) is 0.696. The fourth-order valence-corrected chi connectivity index (χ4v) is 4.39. The fourth-order valence-electron chi connectivity index (χ4n) is 4.39. The summed E-state index contributed by atoms with van der Waals surface area (Å²) in [5.74, 6) is 2.25. The number of rotatable bonds is 5. The summed E-state index contributed by atoms with van der Waals surface area (Å²) in [6.45, 7) is 14.0. The highest BCUT2D eigenvalue weighted by Crippen LogP contribution is 2.33. The van der Waals surface area contributed by atoms with Crippen LogP contribution in [0.5, 0.6) is 0 Å². The van der Waals surface area contributed by atoms with Crippen molar-refractivity contribution in [3.05, 3.63) is 35.4 Å². The summed E-state index contributed by atoms with van der Waals surface area (Å²) in [4.78, 5) is 9.53. The Bertz CT molecular complexity index is 626. The van der Waals surface area contributed by atoms with Crippen LogP contribution in [-0.2, 0) is 4.74 Å². The smallest absolute Gasteiger partial charge is 0.193 e. The van der Waals surface area contributed by atoms with Crippen LogP contribution in [0.15, 0.2) is 29.3 Å². The maximum Gasteiger partial charge on any atom is 0.193 e. The Kier molecular flexibility index (Phi) is 10.2. The van der Waals surface area contributed by atoms with E-state index in [4.69, 9.17) is 4.74 Å². The standard InChI is InChI=1S/C23H38N4O.HI/c1-18(2)17-26-11-13-27(14-12-26)23(24-4)25-16-21-6-5-15-28-22(21)20-9-7-19(3)8-10-20;/h7-10,18,21-22H,5-6,11-17H2,1-4H3,(H,24,25);1H. The summed E-state index contributed by atoms with van der Waals surface area (Å²) in [7, 11) is 1.90. The third-order valence-corrected chi connectivity index (χ3v) is 5.88. The van der Waals surface area contributed by atoms with Gasteiger partial charge in [0.15, 0.2) is 5.96 Å². The lowest BCUT2D eigenvalue weighted by molar-refractivity contribution is -0.0267. The van der Waals surface area contributed by atoms with E-state index in [1.165, 1.54) is 24.1 Å². The molecule has 2 heterocycles. The average Bonchev–Trinajstić information content (AvgIpc) is 2.70. The third-order valence-electron chi connectivity index (χ3n) is 5.88. The normalized spacial score (nSPS) is 23.8. The van der Waals surface area contributed by atoms with Crippen molar-refractivity contribution >= 4 is 29.9 Å². The first-order valence-electron chi connectivity index (χ1n) is 10.9. The predicted octanol–water partition coefficient (Wildman–Crippen LogP) is 3.93. The SMILES string of the molecule is CN=C(NCC1CCCOC1c1ccc(C)cc1)N1CCN(CC(C)C)CC1.I. The first-order valence-corrected chi connectivity index (χ1v) is 10.9. The molecule has 0 saturated carbocycles. The minimum atomic E-state index is 0. The van der Waals surface area contributed by atoms with Gasteiger partial charge in [-0.25, -0.2) is 0 Å². The Hall–Kier alpha value is -0.860. The summed E-state index contributed by atoms with van der Waals surface area (Å²) in [6.07, 6.45) is 2.52. The van der Waals surface area contributed by atoms with Crippen LogP contribution in [0, 0.1) is 18.8 Å². The number of nitrogens with zero attached hydrogens (tertiary/aromatic N) is 3. The van der Waals surface area contributed by atoms with E-state index in [0.29, 0.717) is 5.92 Å². The first kappa shape index (κ1) is 24.4. The minimum absolute atomic E-state index is 0. The van der Waals surface area contributed by atoms with Gasteiger partial charge < -0.3 is 15.0 Å². The number of ether oxygens (including phenoxy) is 1. The lowest BCUT2D eigenvalue weighted by atomic mass is 9.89. The van der Waals surface area contributed by atoms with Crippen molar-refractivity contribution in [3.63, 3.8) is 0 Å². The molecule has 1 aromatic carbocycles. The van der Waals surface area contributed by atoms with E-state index >= 15 is 0 Å². The van der Waals surface area contributed by atoms with Crippen molar-refractivity contribution in [1.29, 1.82) is 0 Å². The zero-order chi connectivity index (χ0) is 19.9. The molecule has 29 heavy (non-hydrogen) atoms. The van der Waals surface area contributed by atoms with Crippen LogP contribution in [0.1, 0.15) is 43.9 Å². The van der Waals surface area contributed by atoms with Crippen molar-refractivity contribution < 1.29 is 4.74 Å². The quantitative estimate of drug-likeness (QED) is 0.367. The van der Waals surface area contributed by atoms with E-state index in [9.17, 15) is 0 Å².